The third-order valence-corrected chi connectivity index (χ3v) is 2.13. The molecule has 88 valence electrons. The Morgan fingerprint density at radius 3 is 2.62 bits per heavy atom. The molecule has 5 nitrogen and oxygen atoms in total. The fourth-order valence-corrected chi connectivity index (χ4v) is 1.41. The van der Waals surface area contributed by atoms with E-state index in [0.29, 0.717) is 5.76 Å². The molecule has 0 aliphatic heterocycles. The molecule has 0 saturated heterocycles. The summed E-state index contributed by atoms with van der Waals surface area (Å²) in [6.45, 7) is 3.28. The van der Waals surface area contributed by atoms with E-state index in [1.165, 1.54) is 6.92 Å². The van der Waals surface area contributed by atoms with E-state index in [4.69, 9.17) is 9.52 Å². The van der Waals surface area contributed by atoms with Crippen molar-refractivity contribution < 1.29 is 19.1 Å². The summed E-state index contributed by atoms with van der Waals surface area (Å²) in [6.07, 6.45) is 0.552. The van der Waals surface area contributed by atoms with Crippen LogP contribution in [0.2, 0.25) is 0 Å². The molecule has 0 radical (unpaired) electrons. The molecule has 1 atom stereocenters. The van der Waals surface area contributed by atoms with Gasteiger partial charge in [-0.1, -0.05) is 6.92 Å². The second-order valence-electron chi connectivity index (χ2n) is 3.51. The Labute approximate surface area is 93.4 Å². The van der Waals surface area contributed by atoms with Crippen molar-refractivity contribution in [3.63, 3.8) is 0 Å². The van der Waals surface area contributed by atoms with Crippen LogP contribution < -0.4 is 5.32 Å². The van der Waals surface area contributed by atoms with Crippen molar-refractivity contribution in [3.05, 3.63) is 23.7 Å². The van der Waals surface area contributed by atoms with Gasteiger partial charge in [0, 0.05) is 13.3 Å². The Morgan fingerprint density at radius 1 is 1.50 bits per heavy atom. The highest BCUT2D eigenvalue weighted by molar-refractivity contribution is 5.75. The molecule has 0 bridgehead atoms. The molecule has 1 aromatic rings. The molecule has 1 amide bonds. The summed E-state index contributed by atoms with van der Waals surface area (Å²) in [5, 5.41) is 11.3. The van der Waals surface area contributed by atoms with Gasteiger partial charge in [-0.15, -0.1) is 0 Å². The van der Waals surface area contributed by atoms with E-state index in [0.717, 1.165) is 12.2 Å². The van der Waals surface area contributed by atoms with Crippen LogP contribution in [0.25, 0.3) is 0 Å². The molecule has 1 aromatic heterocycles. The first-order chi connectivity index (χ1) is 7.52. The Balaban J connectivity index is 2.82. The third-order valence-electron chi connectivity index (χ3n) is 2.13. The molecule has 0 aliphatic rings. The van der Waals surface area contributed by atoms with E-state index in [9.17, 15) is 9.59 Å². The summed E-state index contributed by atoms with van der Waals surface area (Å²) in [5.41, 5.74) is 0. The predicted octanol–water partition coefficient (Wildman–Crippen LogP) is 1.49. The summed E-state index contributed by atoms with van der Waals surface area (Å²) in [5.74, 6) is -0.000845. The molecule has 0 fully saturated rings. The number of carbonyl (C=O) groups excluding carboxylic acids is 1. The van der Waals surface area contributed by atoms with Gasteiger partial charge in [-0.3, -0.25) is 9.59 Å². The van der Waals surface area contributed by atoms with Crippen LogP contribution in [0.4, 0.5) is 0 Å². The van der Waals surface area contributed by atoms with E-state index in [-0.39, 0.29) is 12.3 Å². The van der Waals surface area contributed by atoms with Gasteiger partial charge < -0.3 is 14.8 Å². The second kappa shape index (κ2) is 5.34. The highest BCUT2D eigenvalue weighted by Gasteiger charge is 2.19. The Kier molecular flexibility index (Phi) is 4.10. The number of carbonyl (C=O) groups is 2. The maximum atomic E-state index is 10.9. The largest absolute Gasteiger partial charge is 0.481 e. The zero-order valence-corrected chi connectivity index (χ0v) is 9.32. The molecule has 5 heteroatoms. The van der Waals surface area contributed by atoms with E-state index in [1.807, 2.05) is 6.92 Å². The summed E-state index contributed by atoms with van der Waals surface area (Å²) in [6, 6.07) is 2.88. The van der Waals surface area contributed by atoms with Gasteiger partial charge in [-0.05, 0) is 12.1 Å². The zero-order chi connectivity index (χ0) is 12.1. The lowest BCUT2D eigenvalue weighted by molar-refractivity contribution is -0.137. The highest BCUT2D eigenvalue weighted by atomic mass is 16.4. The van der Waals surface area contributed by atoms with Crippen molar-refractivity contribution in [2.24, 2.45) is 0 Å². The van der Waals surface area contributed by atoms with Crippen LogP contribution in [0.15, 0.2) is 16.5 Å². The van der Waals surface area contributed by atoms with Crippen molar-refractivity contribution in [3.8, 4) is 0 Å². The second-order valence-corrected chi connectivity index (χ2v) is 3.51. The molecule has 0 aromatic carbocycles. The Morgan fingerprint density at radius 2 is 2.19 bits per heavy atom. The van der Waals surface area contributed by atoms with Crippen molar-refractivity contribution in [2.75, 3.05) is 0 Å². The predicted molar refractivity (Wildman–Crippen MR) is 56.9 cm³/mol. The van der Waals surface area contributed by atoms with Gasteiger partial charge in [0.2, 0.25) is 5.91 Å². The first kappa shape index (κ1) is 12.3. The van der Waals surface area contributed by atoms with Crippen LogP contribution in [-0.4, -0.2) is 17.0 Å². The maximum Gasteiger partial charge on any atom is 0.305 e. The molecule has 0 spiro atoms. The molecule has 1 heterocycles. The standard InChI is InChI=1S/C11H15NO4/c1-3-8-4-5-10(16-8)9(6-11(14)15)12-7(2)13/h4-5,9H,3,6H2,1-2H3,(H,12,13)(H,14,15)/t9-/m0/s1. The first-order valence-electron chi connectivity index (χ1n) is 5.10. The van der Waals surface area contributed by atoms with E-state index >= 15 is 0 Å². The smallest absolute Gasteiger partial charge is 0.305 e. The fourth-order valence-electron chi connectivity index (χ4n) is 1.41. The number of hydrogen-bond donors (Lipinski definition) is 2. The SMILES string of the molecule is CCc1ccc([C@H](CC(=O)O)NC(C)=O)o1. The van der Waals surface area contributed by atoms with Crippen molar-refractivity contribution in [1.29, 1.82) is 0 Å². The normalized spacial score (nSPS) is 12.1. The number of nitrogens with one attached hydrogen (secondary N) is 1. The van der Waals surface area contributed by atoms with Crippen LogP contribution >= 0.6 is 0 Å². The average Bonchev–Trinajstić information content (AvgIpc) is 2.63. The number of hydrogen-bond acceptors (Lipinski definition) is 3. The average molecular weight is 225 g/mol. The van der Waals surface area contributed by atoms with Crippen molar-refractivity contribution in [2.45, 2.75) is 32.7 Å². The zero-order valence-electron chi connectivity index (χ0n) is 9.32. The number of carboxylic acids is 1. The van der Waals surface area contributed by atoms with Gasteiger partial charge in [-0.2, -0.15) is 0 Å². The Bertz CT molecular complexity index is 367. The number of carboxylic acid groups (broad SMARTS) is 1. The summed E-state index contributed by atoms with van der Waals surface area (Å²) < 4.78 is 5.42. The van der Waals surface area contributed by atoms with Crippen LogP contribution in [0.5, 0.6) is 0 Å². The van der Waals surface area contributed by atoms with Crippen LogP contribution in [-0.2, 0) is 16.0 Å². The minimum absolute atomic E-state index is 0.184. The number of rotatable bonds is 5. The van der Waals surface area contributed by atoms with Gasteiger partial charge in [-0.25, -0.2) is 0 Å². The molecule has 0 saturated carbocycles. The first-order valence-corrected chi connectivity index (χ1v) is 5.10. The third kappa shape index (κ3) is 3.42. The quantitative estimate of drug-likeness (QED) is 0.795. The minimum atomic E-state index is -0.979. The van der Waals surface area contributed by atoms with Gasteiger partial charge >= 0.3 is 5.97 Å². The van der Waals surface area contributed by atoms with E-state index in [1.54, 1.807) is 12.1 Å². The topological polar surface area (TPSA) is 79.5 Å². The summed E-state index contributed by atoms with van der Waals surface area (Å²) in [4.78, 5) is 21.6. The summed E-state index contributed by atoms with van der Waals surface area (Å²) >= 11 is 0. The number of aryl methyl sites for hydroxylation is 1. The Hall–Kier alpha value is -1.78. The summed E-state index contributed by atoms with van der Waals surface area (Å²) in [7, 11) is 0. The lowest BCUT2D eigenvalue weighted by Crippen LogP contribution is -2.27. The number of amides is 1. The minimum Gasteiger partial charge on any atom is -0.481 e. The molecule has 16 heavy (non-hydrogen) atoms. The fraction of sp³-hybridized carbons (Fsp3) is 0.455. The molecule has 1 rings (SSSR count). The van der Waals surface area contributed by atoms with Crippen molar-refractivity contribution >= 4 is 11.9 Å². The number of aliphatic carboxylic acids is 1. The maximum absolute atomic E-state index is 10.9. The van der Waals surface area contributed by atoms with Crippen molar-refractivity contribution in [1.82, 2.24) is 5.32 Å². The van der Waals surface area contributed by atoms with E-state index < -0.39 is 12.0 Å². The highest BCUT2D eigenvalue weighted by Crippen LogP contribution is 2.20. The molecule has 0 unspecified atom stereocenters. The van der Waals surface area contributed by atoms with Crippen LogP contribution in [0.1, 0.15) is 37.8 Å². The molecule has 0 aliphatic carbocycles. The van der Waals surface area contributed by atoms with E-state index in [2.05, 4.69) is 5.32 Å². The molecular formula is C11H15NO4. The van der Waals surface area contributed by atoms with Crippen LogP contribution in [0.3, 0.4) is 0 Å². The van der Waals surface area contributed by atoms with Gasteiger partial charge in [0.15, 0.2) is 0 Å². The lowest BCUT2D eigenvalue weighted by atomic mass is 10.1. The lowest BCUT2D eigenvalue weighted by Gasteiger charge is -2.12. The monoisotopic (exact) mass is 225 g/mol. The van der Waals surface area contributed by atoms with Gasteiger partial charge in [0.25, 0.3) is 0 Å². The molecular weight excluding hydrogens is 210 g/mol. The van der Waals surface area contributed by atoms with Crippen LogP contribution in [0, 0.1) is 0 Å². The molecule has 2 N–H and O–H groups in total. The van der Waals surface area contributed by atoms with Gasteiger partial charge in [0.1, 0.15) is 11.5 Å². The number of furan rings is 1. The van der Waals surface area contributed by atoms with Gasteiger partial charge in [0.05, 0.1) is 12.5 Å².